The van der Waals surface area contributed by atoms with Crippen LogP contribution in [0.5, 0.6) is 0 Å². The molecule has 0 saturated heterocycles. The Morgan fingerprint density at radius 3 is 2.00 bits per heavy atom. The third-order valence-electron chi connectivity index (χ3n) is 5.01. The van der Waals surface area contributed by atoms with Gasteiger partial charge in [0.25, 0.3) is 0 Å². The van der Waals surface area contributed by atoms with Crippen LogP contribution in [0.1, 0.15) is 49.1 Å². The van der Waals surface area contributed by atoms with Gasteiger partial charge < -0.3 is 0 Å². The highest BCUT2D eigenvalue weighted by Gasteiger charge is 2.44. The average Bonchev–Trinajstić information content (AvgIpc) is 2.98. The predicted octanol–water partition coefficient (Wildman–Crippen LogP) is 4.13. The first-order valence-corrected chi connectivity index (χ1v) is 8.83. The van der Waals surface area contributed by atoms with E-state index < -0.39 is 11.8 Å². The maximum absolute atomic E-state index is 13.0. The zero-order chi connectivity index (χ0) is 18.8. The number of ketones is 3. The molecule has 1 aliphatic rings. The van der Waals surface area contributed by atoms with Crippen LogP contribution in [-0.2, 0) is 0 Å². The second-order valence-corrected chi connectivity index (χ2v) is 6.61. The second kappa shape index (κ2) is 7.08. The summed E-state index contributed by atoms with van der Waals surface area (Å²) in [4.78, 5) is 42.9. The summed E-state index contributed by atoms with van der Waals surface area (Å²) in [6.45, 7) is 0. The zero-order valence-electron chi connectivity index (χ0n) is 14.5. The lowest BCUT2D eigenvalue weighted by molar-refractivity contribution is 0.0802. The van der Waals surface area contributed by atoms with Crippen molar-refractivity contribution in [3.05, 3.63) is 101 Å². The van der Waals surface area contributed by atoms with E-state index in [4.69, 9.17) is 0 Å². The molecule has 1 aliphatic carbocycles. The number of benzene rings is 2. The molecule has 1 aromatic heterocycles. The number of rotatable bonds is 5. The number of Topliss-reactive ketones (excluding diaryl/α,β-unsaturated/α-hetero) is 3. The van der Waals surface area contributed by atoms with Gasteiger partial charge in [-0.3, -0.25) is 19.4 Å². The van der Waals surface area contributed by atoms with E-state index in [0.29, 0.717) is 16.8 Å². The molecule has 4 nitrogen and oxygen atoms in total. The van der Waals surface area contributed by atoms with E-state index in [1.807, 2.05) is 30.3 Å². The number of hydrogen-bond donors (Lipinski definition) is 0. The van der Waals surface area contributed by atoms with Gasteiger partial charge in [0, 0.05) is 29.7 Å². The van der Waals surface area contributed by atoms with Gasteiger partial charge in [-0.05, 0) is 17.7 Å². The fraction of sp³-hybridized carbons (Fsp3) is 0.130. The fourth-order valence-corrected chi connectivity index (χ4v) is 3.69. The summed E-state index contributed by atoms with van der Waals surface area (Å²) >= 11 is 0. The van der Waals surface area contributed by atoms with Crippen molar-refractivity contribution in [2.24, 2.45) is 5.92 Å². The van der Waals surface area contributed by atoms with E-state index >= 15 is 0 Å². The molecule has 0 radical (unpaired) electrons. The van der Waals surface area contributed by atoms with Crippen LogP contribution in [0.25, 0.3) is 0 Å². The zero-order valence-corrected chi connectivity index (χ0v) is 14.5. The third-order valence-corrected chi connectivity index (χ3v) is 5.01. The van der Waals surface area contributed by atoms with Crippen molar-refractivity contribution in [3.8, 4) is 0 Å². The summed E-state index contributed by atoms with van der Waals surface area (Å²) < 4.78 is 0. The van der Waals surface area contributed by atoms with Crippen LogP contribution >= 0.6 is 0 Å². The largest absolute Gasteiger partial charge is 0.293 e. The van der Waals surface area contributed by atoms with E-state index in [1.54, 1.807) is 48.7 Å². The molecule has 0 unspecified atom stereocenters. The van der Waals surface area contributed by atoms with Crippen molar-refractivity contribution in [3.63, 3.8) is 0 Å². The maximum Gasteiger partial charge on any atom is 0.181 e. The van der Waals surface area contributed by atoms with Crippen LogP contribution in [0.2, 0.25) is 0 Å². The Labute approximate surface area is 156 Å². The number of pyridine rings is 1. The van der Waals surface area contributed by atoms with Gasteiger partial charge in [-0.25, -0.2) is 0 Å². The highest BCUT2D eigenvalue weighted by atomic mass is 16.2. The SMILES string of the molecule is O=C(C[C@@H](c1ccccc1)C1C(=O)c2ccccc2C1=O)c1ccccn1. The number of fused-ring (bicyclic) bond motifs is 1. The Morgan fingerprint density at radius 2 is 1.41 bits per heavy atom. The molecule has 132 valence electrons. The Hall–Kier alpha value is -3.40. The Bertz CT molecular complexity index is 977. The summed E-state index contributed by atoms with van der Waals surface area (Å²) in [5.41, 5.74) is 2.03. The van der Waals surface area contributed by atoms with Crippen LogP contribution in [0, 0.1) is 5.92 Å². The topological polar surface area (TPSA) is 64.1 Å². The van der Waals surface area contributed by atoms with Gasteiger partial charge in [-0.15, -0.1) is 0 Å². The summed E-state index contributed by atoms with van der Waals surface area (Å²) in [5, 5.41) is 0. The maximum atomic E-state index is 13.0. The van der Waals surface area contributed by atoms with E-state index in [-0.39, 0.29) is 23.8 Å². The first-order valence-electron chi connectivity index (χ1n) is 8.83. The fourth-order valence-electron chi connectivity index (χ4n) is 3.69. The molecule has 0 spiro atoms. The quantitative estimate of drug-likeness (QED) is 0.510. The van der Waals surface area contributed by atoms with Crippen molar-refractivity contribution in [1.29, 1.82) is 0 Å². The summed E-state index contributed by atoms with van der Waals surface area (Å²) in [5.74, 6) is -2.00. The molecule has 0 saturated carbocycles. The average molecular weight is 355 g/mol. The molecular formula is C23H17NO3. The number of aromatic nitrogens is 1. The Balaban J connectivity index is 1.73. The lowest BCUT2D eigenvalue weighted by atomic mass is 9.79. The first-order chi connectivity index (χ1) is 13.2. The lowest BCUT2D eigenvalue weighted by Gasteiger charge is -2.21. The molecule has 4 rings (SSSR count). The van der Waals surface area contributed by atoms with Gasteiger partial charge in [0.15, 0.2) is 17.3 Å². The molecule has 27 heavy (non-hydrogen) atoms. The van der Waals surface area contributed by atoms with Gasteiger partial charge in [-0.2, -0.15) is 0 Å². The molecule has 1 atom stereocenters. The minimum absolute atomic E-state index is 0.0527. The summed E-state index contributed by atoms with van der Waals surface area (Å²) in [6, 6.07) is 21.3. The van der Waals surface area contributed by atoms with Crippen LogP contribution in [0.15, 0.2) is 79.0 Å². The number of nitrogens with zero attached hydrogens (tertiary/aromatic N) is 1. The molecule has 0 bridgehead atoms. The van der Waals surface area contributed by atoms with E-state index in [2.05, 4.69) is 4.98 Å². The third kappa shape index (κ3) is 3.10. The molecule has 0 N–H and O–H groups in total. The Kier molecular flexibility index (Phi) is 4.47. The molecule has 1 heterocycles. The molecule has 0 aliphatic heterocycles. The van der Waals surface area contributed by atoms with Crippen molar-refractivity contribution in [1.82, 2.24) is 4.98 Å². The van der Waals surface area contributed by atoms with E-state index in [1.165, 1.54) is 0 Å². The van der Waals surface area contributed by atoms with E-state index in [9.17, 15) is 14.4 Å². The lowest BCUT2D eigenvalue weighted by Crippen LogP contribution is -2.26. The highest BCUT2D eigenvalue weighted by molar-refractivity contribution is 6.27. The monoisotopic (exact) mass is 355 g/mol. The summed E-state index contributed by atoms with van der Waals surface area (Å²) in [7, 11) is 0. The molecule has 0 amide bonds. The first kappa shape index (κ1) is 17.0. The van der Waals surface area contributed by atoms with Gasteiger partial charge in [0.1, 0.15) is 5.69 Å². The number of carbonyl (C=O) groups excluding carboxylic acids is 3. The van der Waals surface area contributed by atoms with Crippen molar-refractivity contribution >= 4 is 17.3 Å². The predicted molar refractivity (Wildman–Crippen MR) is 101 cm³/mol. The van der Waals surface area contributed by atoms with Gasteiger partial charge in [-0.1, -0.05) is 60.7 Å². The minimum atomic E-state index is -0.877. The van der Waals surface area contributed by atoms with Crippen molar-refractivity contribution in [2.75, 3.05) is 0 Å². The van der Waals surface area contributed by atoms with Crippen LogP contribution in [-0.4, -0.2) is 22.3 Å². The van der Waals surface area contributed by atoms with Crippen LogP contribution in [0.4, 0.5) is 0 Å². The number of carbonyl (C=O) groups is 3. The molecule has 3 aromatic rings. The second-order valence-electron chi connectivity index (χ2n) is 6.61. The smallest absolute Gasteiger partial charge is 0.181 e. The van der Waals surface area contributed by atoms with Crippen molar-refractivity contribution in [2.45, 2.75) is 12.3 Å². The normalized spacial score (nSPS) is 14.8. The standard InChI is InChI=1S/C23H17NO3/c25-20(19-12-6-7-13-24-19)14-18(15-8-2-1-3-9-15)21-22(26)16-10-4-5-11-17(16)23(21)27/h1-13,18,21H,14H2/t18-/m0/s1. The van der Waals surface area contributed by atoms with Crippen molar-refractivity contribution < 1.29 is 14.4 Å². The Morgan fingerprint density at radius 1 is 0.815 bits per heavy atom. The highest BCUT2D eigenvalue weighted by Crippen LogP contribution is 2.39. The molecule has 0 fully saturated rings. The molecule has 2 aromatic carbocycles. The van der Waals surface area contributed by atoms with Gasteiger partial charge >= 0.3 is 0 Å². The summed E-state index contributed by atoms with van der Waals surface area (Å²) in [6.07, 6.45) is 1.61. The molecule has 4 heteroatoms. The molecular weight excluding hydrogens is 338 g/mol. The van der Waals surface area contributed by atoms with Gasteiger partial charge in [0.2, 0.25) is 0 Å². The van der Waals surface area contributed by atoms with Crippen LogP contribution < -0.4 is 0 Å². The number of hydrogen-bond acceptors (Lipinski definition) is 4. The van der Waals surface area contributed by atoms with E-state index in [0.717, 1.165) is 5.56 Å². The van der Waals surface area contributed by atoms with Crippen LogP contribution in [0.3, 0.4) is 0 Å². The van der Waals surface area contributed by atoms with Gasteiger partial charge in [0.05, 0.1) is 5.92 Å². The minimum Gasteiger partial charge on any atom is -0.293 e.